The number of anilines is 1. The Morgan fingerprint density at radius 2 is 1.64 bits per heavy atom. The van der Waals surface area contributed by atoms with E-state index in [4.69, 9.17) is 23.2 Å². The first-order valence-corrected chi connectivity index (χ1v) is 11.2. The van der Waals surface area contributed by atoms with Crippen LogP contribution < -0.4 is 4.90 Å². The molecular formula is C27H19Cl2NO3. The molecule has 1 atom stereocenters. The quantitative estimate of drug-likeness (QED) is 0.352. The van der Waals surface area contributed by atoms with Crippen molar-refractivity contribution in [3.05, 3.63) is 112 Å². The third-order valence-corrected chi connectivity index (χ3v) is 6.64. The molecule has 5 rings (SSSR count). The molecular weight excluding hydrogens is 457 g/mol. The predicted octanol–water partition coefficient (Wildman–Crippen LogP) is 6.15. The van der Waals surface area contributed by atoms with E-state index >= 15 is 0 Å². The van der Waals surface area contributed by atoms with Crippen LogP contribution in [0.5, 0.6) is 0 Å². The number of carbonyl (C=O) groups excluding carboxylic acids is 2. The summed E-state index contributed by atoms with van der Waals surface area (Å²) in [6, 6.07) is 25.5. The highest BCUT2D eigenvalue weighted by Gasteiger charge is 2.51. The van der Waals surface area contributed by atoms with E-state index in [2.05, 4.69) is 0 Å². The van der Waals surface area contributed by atoms with Gasteiger partial charge in [-0.15, -0.1) is 0 Å². The van der Waals surface area contributed by atoms with Crippen LogP contribution in [-0.2, 0) is 16.9 Å². The van der Waals surface area contributed by atoms with Gasteiger partial charge in [-0.2, -0.15) is 0 Å². The van der Waals surface area contributed by atoms with E-state index in [0.29, 0.717) is 16.3 Å². The van der Waals surface area contributed by atoms with Gasteiger partial charge in [-0.1, -0.05) is 83.9 Å². The van der Waals surface area contributed by atoms with E-state index < -0.39 is 23.7 Å². The van der Waals surface area contributed by atoms with Crippen LogP contribution >= 0.6 is 23.2 Å². The zero-order chi connectivity index (χ0) is 23.2. The molecule has 4 aromatic rings. The van der Waals surface area contributed by atoms with Gasteiger partial charge in [-0.25, -0.2) is 0 Å². The zero-order valence-electron chi connectivity index (χ0n) is 17.5. The third kappa shape index (κ3) is 3.70. The lowest BCUT2D eigenvalue weighted by Crippen LogP contribution is -2.41. The number of carbonyl (C=O) groups is 2. The highest BCUT2D eigenvalue weighted by atomic mass is 35.5. The van der Waals surface area contributed by atoms with Crippen LogP contribution in [0, 0.1) is 0 Å². The van der Waals surface area contributed by atoms with Crippen molar-refractivity contribution >= 4 is 51.4 Å². The van der Waals surface area contributed by atoms with Gasteiger partial charge >= 0.3 is 0 Å². The number of hydrogen-bond donors (Lipinski definition) is 1. The number of hydrogen-bond acceptors (Lipinski definition) is 3. The number of Topliss-reactive ketones (excluding diaryl/α,β-unsaturated/α-hetero) is 1. The number of fused-ring (bicyclic) bond motifs is 2. The van der Waals surface area contributed by atoms with Crippen molar-refractivity contribution in [2.24, 2.45) is 0 Å². The summed E-state index contributed by atoms with van der Waals surface area (Å²) >= 11 is 12.1. The summed E-state index contributed by atoms with van der Waals surface area (Å²) in [5.74, 6) is -0.968. The summed E-state index contributed by atoms with van der Waals surface area (Å²) in [4.78, 5) is 28.2. The Kier molecular flexibility index (Phi) is 5.45. The second-order valence-electron chi connectivity index (χ2n) is 8.13. The Hall–Kier alpha value is -3.18. The fraction of sp³-hybridized carbons (Fsp3) is 0.111. The molecule has 0 radical (unpaired) electrons. The van der Waals surface area contributed by atoms with Crippen LogP contribution in [-0.4, -0.2) is 16.8 Å². The average Bonchev–Trinajstić information content (AvgIpc) is 3.01. The van der Waals surface area contributed by atoms with E-state index in [1.807, 2.05) is 48.5 Å². The van der Waals surface area contributed by atoms with E-state index in [0.717, 1.165) is 16.3 Å². The molecule has 1 amide bonds. The maximum atomic E-state index is 13.6. The van der Waals surface area contributed by atoms with Crippen molar-refractivity contribution in [1.82, 2.24) is 0 Å². The molecule has 33 heavy (non-hydrogen) atoms. The summed E-state index contributed by atoms with van der Waals surface area (Å²) in [5.41, 5.74) is 0.183. The Labute approximate surface area is 201 Å². The predicted molar refractivity (Wildman–Crippen MR) is 131 cm³/mol. The number of benzene rings is 4. The normalized spacial score (nSPS) is 17.4. The van der Waals surface area contributed by atoms with Crippen LogP contribution in [0.1, 0.15) is 27.9 Å². The lowest BCUT2D eigenvalue weighted by atomic mass is 9.88. The van der Waals surface area contributed by atoms with Gasteiger partial charge in [0.05, 0.1) is 23.7 Å². The molecule has 4 nitrogen and oxygen atoms in total. The SMILES string of the molecule is O=C(CC1(O)C(=O)N(Cc2cccc3ccccc23)c2ccccc21)c1ccc(Cl)cc1Cl. The Balaban J connectivity index is 1.52. The van der Waals surface area contributed by atoms with Gasteiger partial charge in [0.1, 0.15) is 0 Å². The summed E-state index contributed by atoms with van der Waals surface area (Å²) in [5, 5.41) is 14.3. The van der Waals surface area contributed by atoms with Crippen LogP contribution in [0.25, 0.3) is 10.8 Å². The fourth-order valence-corrected chi connectivity index (χ4v) is 4.99. The van der Waals surface area contributed by atoms with Gasteiger partial charge in [0.25, 0.3) is 5.91 Å². The largest absolute Gasteiger partial charge is 0.375 e. The molecule has 1 heterocycles. The molecule has 164 valence electrons. The molecule has 4 aromatic carbocycles. The molecule has 1 aliphatic heterocycles. The summed E-state index contributed by atoms with van der Waals surface area (Å²) in [7, 11) is 0. The Bertz CT molecular complexity index is 1410. The lowest BCUT2D eigenvalue weighted by molar-refractivity contribution is -0.136. The fourth-order valence-electron chi connectivity index (χ4n) is 4.48. The van der Waals surface area contributed by atoms with E-state index in [-0.39, 0.29) is 17.1 Å². The molecule has 0 bridgehead atoms. The molecule has 0 aliphatic carbocycles. The second kappa shape index (κ2) is 8.31. The smallest absolute Gasteiger partial charge is 0.264 e. The number of nitrogens with zero attached hydrogens (tertiary/aromatic N) is 1. The molecule has 6 heteroatoms. The van der Waals surface area contributed by atoms with Crippen molar-refractivity contribution in [2.45, 2.75) is 18.6 Å². The topological polar surface area (TPSA) is 57.6 Å². The maximum Gasteiger partial charge on any atom is 0.264 e. The first kappa shape index (κ1) is 21.7. The van der Waals surface area contributed by atoms with Crippen molar-refractivity contribution in [2.75, 3.05) is 4.90 Å². The summed E-state index contributed by atoms with van der Waals surface area (Å²) < 4.78 is 0. The standard InChI is InChI=1S/C27H19Cl2NO3/c28-19-12-13-21(23(29)14-19)25(31)15-27(33)22-10-3-4-11-24(22)30(26(27)32)16-18-8-5-7-17-6-1-2-9-20(17)18/h1-14,33H,15-16H2. The molecule has 1 N–H and O–H groups in total. The molecule has 0 fully saturated rings. The maximum absolute atomic E-state index is 13.6. The molecule has 1 unspecified atom stereocenters. The van der Waals surface area contributed by atoms with Crippen molar-refractivity contribution in [3.63, 3.8) is 0 Å². The first-order valence-electron chi connectivity index (χ1n) is 10.5. The molecule has 0 saturated heterocycles. The number of aliphatic hydroxyl groups is 1. The Morgan fingerprint density at radius 3 is 2.45 bits per heavy atom. The van der Waals surface area contributed by atoms with E-state index in [1.165, 1.54) is 12.1 Å². The van der Waals surface area contributed by atoms with Crippen molar-refractivity contribution in [1.29, 1.82) is 0 Å². The molecule has 0 saturated carbocycles. The minimum atomic E-state index is -1.98. The number of para-hydroxylation sites is 1. The Morgan fingerprint density at radius 1 is 0.909 bits per heavy atom. The molecule has 1 aliphatic rings. The van der Waals surface area contributed by atoms with Crippen LogP contribution in [0.15, 0.2) is 84.9 Å². The number of halogens is 2. The first-order chi connectivity index (χ1) is 15.9. The van der Waals surface area contributed by atoms with Gasteiger partial charge in [-0.3, -0.25) is 9.59 Å². The van der Waals surface area contributed by atoms with Gasteiger partial charge in [-0.05, 0) is 40.6 Å². The zero-order valence-corrected chi connectivity index (χ0v) is 19.0. The van der Waals surface area contributed by atoms with Crippen LogP contribution in [0.2, 0.25) is 10.0 Å². The van der Waals surface area contributed by atoms with Gasteiger partial charge in [0, 0.05) is 16.1 Å². The summed E-state index contributed by atoms with van der Waals surface area (Å²) in [6.45, 7) is 0.273. The lowest BCUT2D eigenvalue weighted by Gasteiger charge is -2.23. The number of ketones is 1. The minimum Gasteiger partial charge on any atom is -0.375 e. The highest BCUT2D eigenvalue weighted by Crippen LogP contribution is 2.44. The highest BCUT2D eigenvalue weighted by molar-refractivity contribution is 6.37. The monoisotopic (exact) mass is 475 g/mol. The second-order valence-corrected chi connectivity index (χ2v) is 8.97. The number of rotatable bonds is 5. The van der Waals surface area contributed by atoms with Gasteiger partial charge in [0.15, 0.2) is 11.4 Å². The van der Waals surface area contributed by atoms with Crippen molar-refractivity contribution < 1.29 is 14.7 Å². The van der Waals surface area contributed by atoms with E-state index in [1.54, 1.807) is 29.2 Å². The molecule has 0 aromatic heterocycles. The van der Waals surface area contributed by atoms with E-state index in [9.17, 15) is 14.7 Å². The molecule has 0 spiro atoms. The third-order valence-electron chi connectivity index (χ3n) is 6.10. The van der Waals surface area contributed by atoms with Crippen LogP contribution in [0.3, 0.4) is 0 Å². The number of amides is 1. The van der Waals surface area contributed by atoms with Gasteiger partial charge < -0.3 is 10.0 Å². The van der Waals surface area contributed by atoms with Crippen molar-refractivity contribution in [3.8, 4) is 0 Å². The minimum absolute atomic E-state index is 0.183. The average molecular weight is 476 g/mol. The summed E-state index contributed by atoms with van der Waals surface area (Å²) in [6.07, 6.45) is -0.420. The van der Waals surface area contributed by atoms with Crippen LogP contribution in [0.4, 0.5) is 5.69 Å². The van der Waals surface area contributed by atoms with Gasteiger partial charge in [0.2, 0.25) is 0 Å².